The molecule has 9 nitrogen and oxygen atoms in total. The Morgan fingerprint density at radius 3 is 0.919 bits per heavy atom. The summed E-state index contributed by atoms with van der Waals surface area (Å²) in [6, 6.07) is 29.3. The highest BCUT2D eigenvalue weighted by molar-refractivity contribution is 5.46. The first-order chi connectivity index (χ1) is 17.4. The van der Waals surface area contributed by atoms with Crippen LogP contribution in [-0.4, -0.2) is 89.4 Å². The molecule has 37 heavy (non-hydrogen) atoms. The second-order valence-corrected chi connectivity index (χ2v) is 8.78. The number of benzene rings is 3. The van der Waals surface area contributed by atoms with E-state index in [9.17, 15) is 5.11 Å². The molecule has 0 aliphatic rings. The molecule has 0 saturated heterocycles. The first-order valence-corrected chi connectivity index (χ1v) is 11.6. The summed E-state index contributed by atoms with van der Waals surface area (Å²) in [5, 5.41) is 79.8. The standard InChI is InChI=1S/C19H16O.C6H14O6.C3H8O2/c20-19(16-10-4-1-5-11-16,17-12-6-2-7-13-17)18-14-8-3-9-15-18;7-1-3(9)5(11)6(12)4(10)2-8;1-3(2,4)5/h1-15,20H;3-12H,1-2H2;4-5H,1-2H3. The molecule has 0 saturated carbocycles. The van der Waals surface area contributed by atoms with E-state index >= 15 is 0 Å². The highest BCUT2D eigenvalue weighted by Crippen LogP contribution is 2.36. The van der Waals surface area contributed by atoms with Gasteiger partial charge in [-0.15, -0.1) is 0 Å². The SMILES string of the molecule is CC(C)(O)O.OC(c1ccccc1)(c1ccccc1)c1ccccc1.OCC(O)C(O)C(O)C(O)CO. The Hall–Kier alpha value is -2.70. The molecule has 9 heteroatoms. The van der Waals surface area contributed by atoms with E-state index in [1.54, 1.807) is 0 Å². The van der Waals surface area contributed by atoms with Gasteiger partial charge < -0.3 is 46.0 Å². The number of hydrogen-bond donors (Lipinski definition) is 9. The Morgan fingerprint density at radius 1 is 0.514 bits per heavy atom. The molecule has 204 valence electrons. The van der Waals surface area contributed by atoms with Crippen LogP contribution < -0.4 is 0 Å². The van der Waals surface area contributed by atoms with E-state index in [0.717, 1.165) is 16.7 Å². The number of rotatable bonds is 8. The summed E-state index contributed by atoms with van der Waals surface area (Å²) in [7, 11) is 0. The minimum atomic E-state index is -1.67. The van der Waals surface area contributed by atoms with Gasteiger partial charge in [0, 0.05) is 0 Å². The van der Waals surface area contributed by atoms with Gasteiger partial charge in [-0.3, -0.25) is 0 Å². The van der Waals surface area contributed by atoms with E-state index in [-0.39, 0.29) is 0 Å². The number of aliphatic hydroxyl groups excluding tert-OH is 6. The third-order valence-electron chi connectivity index (χ3n) is 5.09. The molecular formula is C28H38O9. The summed E-state index contributed by atoms with van der Waals surface area (Å²) < 4.78 is 0. The molecular weight excluding hydrogens is 480 g/mol. The smallest absolute Gasteiger partial charge is 0.156 e. The monoisotopic (exact) mass is 518 g/mol. The van der Waals surface area contributed by atoms with Crippen molar-refractivity contribution in [2.24, 2.45) is 0 Å². The van der Waals surface area contributed by atoms with Crippen molar-refractivity contribution in [2.75, 3.05) is 13.2 Å². The molecule has 3 aromatic carbocycles. The van der Waals surface area contributed by atoms with Crippen LogP contribution in [0.5, 0.6) is 0 Å². The maximum Gasteiger partial charge on any atom is 0.156 e. The first-order valence-electron chi connectivity index (χ1n) is 11.6. The average Bonchev–Trinajstić information content (AvgIpc) is 2.91. The van der Waals surface area contributed by atoms with E-state index in [4.69, 9.17) is 40.9 Å². The summed E-state index contributed by atoms with van der Waals surface area (Å²) in [6.07, 6.45) is -6.39. The predicted molar refractivity (Wildman–Crippen MR) is 138 cm³/mol. The van der Waals surface area contributed by atoms with Crippen LogP contribution >= 0.6 is 0 Å². The van der Waals surface area contributed by atoms with Gasteiger partial charge in [-0.2, -0.15) is 0 Å². The molecule has 4 unspecified atom stereocenters. The molecule has 4 atom stereocenters. The molecule has 0 amide bonds. The molecule has 9 N–H and O–H groups in total. The van der Waals surface area contributed by atoms with Gasteiger partial charge in [0.05, 0.1) is 13.2 Å². The second kappa shape index (κ2) is 15.5. The van der Waals surface area contributed by atoms with Crippen molar-refractivity contribution in [3.8, 4) is 0 Å². The minimum absolute atomic E-state index is 0.726. The molecule has 0 aromatic heterocycles. The van der Waals surface area contributed by atoms with Crippen LogP contribution in [0.3, 0.4) is 0 Å². The Bertz CT molecular complexity index is 862. The van der Waals surface area contributed by atoms with Crippen LogP contribution in [-0.2, 0) is 5.60 Å². The van der Waals surface area contributed by atoms with Gasteiger partial charge in [0.1, 0.15) is 30.0 Å². The molecule has 3 aromatic rings. The van der Waals surface area contributed by atoms with Gasteiger partial charge in [-0.1, -0.05) is 91.0 Å². The van der Waals surface area contributed by atoms with E-state index in [2.05, 4.69) is 0 Å². The molecule has 0 bridgehead atoms. The van der Waals surface area contributed by atoms with Crippen molar-refractivity contribution in [1.29, 1.82) is 0 Å². The lowest BCUT2D eigenvalue weighted by molar-refractivity contribution is -0.127. The van der Waals surface area contributed by atoms with Crippen molar-refractivity contribution >= 4 is 0 Å². The van der Waals surface area contributed by atoms with Crippen molar-refractivity contribution in [3.05, 3.63) is 108 Å². The van der Waals surface area contributed by atoms with Crippen molar-refractivity contribution in [3.63, 3.8) is 0 Å². The third-order valence-corrected chi connectivity index (χ3v) is 5.09. The van der Waals surface area contributed by atoms with Gasteiger partial charge in [0.2, 0.25) is 0 Å². The third kappa shape index (κ3) is 10.7. The highest BCUT2D eigenvalue weighted by Gasteiger charge is 2.33. The van der Waals surface area contributed by atoms with Crippen LogP contribution in [0.1, 0.15) is 30.5 Å². The Morgan fingerprint density at radius 2 is 0.730 bits per heavy atom. The summed E-state index contributed by atoms with van der Waals surface area (Å²) in [5.74, 6) is -1.50. The summed E-state index contributed by atoms with van der Waals surface area (Å²) in [6.45, 7) is 1.15. The maximum absolute atomic E-state index is 11.4. The van der Waals surface area contributed by atoms with E-state index < -0.39 is 49.0 Å². The topological polar surface area (TPSA) is 182 Å². The zero-order valence-corrected chi connectivity index (χ0v) is 20.9. The zero-order chi connectivity index (χ0) is 28.1. The lowest BCUT2D eigenvalue weighted by atomic mass is 9.80. The molecule has 0 aliphatic heterocycles. The Labute approximate surface area is 216 Å². The van der Waals surface area contributed by atoms with Crippen molar-refractivity contribution < 1.29 is 46.0 Å². The minimum Gasteiger partial charge on any atom is -0.394 e. The average molecular weight is 519 g/mol. The zero-order valence-electron chi connectivity index (χ0n) is 20.9. The predicted octanol–water partition coefficient (Wildman–Crippen LogP) is 0.0925. The lowest BCUT2D eigenvalue weighted by Gasteiger charge is -2.30. The highest BCUT2D eigenvalue weighted by atomic mass is 16.5. The number of hydrogen-bond acceptors (Lipinski definition) is 9. The largest absolute Gasteiger partial charge is 0.394 e. The van der Waals surface area contributed by atoms with Crippen LogP contribution in [0.4, 0.5) is 0 Å². The molecule has 0 radical (unpaired) electrons. The molecule has 3 rings (SSSR count). The number of aliphatic hydroxyl groups is 9. The van der Waals surface area contributed by atoms with Gasteiger partial charge >= 0.3 is 0 Å². The van der Waals surface area contributed by atoms with E-state index in [1.165, 1.54) is 13.8 Å². The van der Waals surface area contributed by atoms with Gasteiger partial charge in [-0.05, 0) is 30.5 Å². The normalized spacial score (nSPS) is 14.7. The van der Waals surface area contributed by atoms with Crippen LogP contribution in [0.15, 0.2) is 91.0 Å². The summed E-state index contributed by atoms with van der Waals surface area (Å²) in [4.78, 5) is 0. The molecule has 0 heterocycles. The van der Waals surface area contributed by atoms with Gasteiger partial charge in [0.15, 0.2) is 5.79 Å². The van der Waals surface area contributed by atoms with Crippen molar-refractivity contribution in [2.45, 2.75) is 49.7 Å². The van der Waals surface area contributed by atoms with Crippen LogP contribution in [0.2, 0.25) is 0 Å². The summed E-state index contributed by atoms with van der Waals surface area (Å²) >= 11 is 0. The Balaban J connectivity index is 0.000000344. The molecule has 0 fully saturated rings. The van der Waals surface area contributed by atoms with Crippen LogP contribution in [0.25, 0.3) is 0 Å². The summed E-state index contributed by atoms with van der Waals surface area (Å²) in [5.41, 5.74) is 1.50. The van der Waals surface area contributed by atoms with E-state index in [0.29, 0.717) is 0 Å². The van der Waals surface area contributed by atoms with Crippen molar-refractivity contribution in [1.82, 2.24) is 0 Å². The van der Waals surface area contributed by atoms with E-state index in [1.807, 2.05) is 91.0 Å². The maximum atomic E-state index is 11.4. The Kier molecular flexibility index (Phi) is 13.6. The first kappa shape index (κ1) is 32.3. The fourth-order valence-electron chi connectivity index (χ4n) is 3.21. The van der Waals surface area contributed by atoms with Gasteiger partial charge in [0.25, 0.3) is 0 Å². The molecule has 0 aliphatic carbocycles. The fourth-order valence-corrected chi connectivity index (χ4v) is 3.21. The fraction of sp³-hybridized carbons (Fsp3) is 0.357. The quantitative estimate of drug-likeness (QED) is 0.147. The lowest BCUT2D eigenvalue weighted by Crippen LogP contribution is -2.46. The van der Waals surface area contributed by atoms with Crippen LogP contribution in [0, 0.1) is 0 Å². The second-order valence-electron chi connectivity index (χ2n) is 8.78. The molecule has 0 spiro atoms. The van der Waals surface area contributed by atoms with Gasteiger partial charge in [-0.25, -0.2) is 0 Å².